The molecule has 0 spiro atoms. The fraction of sp³-hybridized carbons (Fsp3) is 0.375. The molecule has 0 amide bonds. The number of hydrogen-bond donors (Lipinski definition) is 0. The van der Waals surface area contributed by atoms with Crippen molar-refractivity contribution in [2.45, 2.75) is 51.7 Å². The van der Waals surface area contributed by atoms with E-state index in [4.69, 9.17) is 16.3 Å². The number of benzene rings is 1. The SMILES string of the molecule is [C-]#[N+]c1ccc2ncc3nc(Cc4cnc(C)cn4)n(C4CCOC(C)(C)C4)c3c2c1. The minimum absolute atomic E-state index is 0.203. The molecular formula is C24H24N6O. The second kappa shape index (κ2) is 7.40. The van der Waals surface area contributed by atoms with Crippen LogP contribution in [0.25, 0.3) is 26.8 Å². The van der Waals surface area contributed by atoms with E-state index >= 15 is 0 Å². The van der Waals surface area contributed by atoms with Crippen LogP contribution >= 0.6 is 0 Å². The maximum atomic E-state index is 7.45. The lowest BCUT2D eigenvalue weighted by atomic mass is 9.93. The third-order valence-corrected chi connectivity index (χ3v) is 5.91. The summed E-state index contributed by atoms with van der Waals surface area (Å²) < 4.78 is 8.34. The lowest BCUT2D eigenvalue weighted by Gasteiger charge is -2.37. The first-order valence-electron chi connectivity index (χ1n) is 10.5. The van der Waals surface area contributed by atoms with Crippen LogP contribution in [-0.2, 0) is 11.2 Å². The van der Waals surface area contributed by atoms with E-state index in [0.717, 1.165) is 52.0 Å². The van der Waals surface area contributed by atoms with Gasteiger partial charge in [-0.25, -0.2) is 9.83 Å². The van der Waals surface area contributed by atoms with Crippen molar-refractivity contribution in [3.63, 3.8) is 0 Å². The highest BCUT2D eigenvalue weighted by Gasteiger charge is 2.32. The van der Waals surface area contributed by atoms with Crippen LogP contribution in [0, 0.1) is 13.5 Å². The van der Waals surface area contributed by atoms with Crippen molar-refractivity contribution in [1.82, 2.24) is 24.5 Å². The van der Waals surface area contributed by atoms with E-state index in [-0.39, 0.29) is 11.6 Å². The van der Waals surface area contributed by atoms with Gasteiger partial charge in [0.1, 0.15) is 11.3 Å². The molecule has 7 heteroatoms. The lowest BCUT2D eigenvalue weighted by Crippen LogP contribution is -2.35. The Hall–Kier alpha value is -3.37. The molecule has 0 N–H and O–H groups in total. The first-order chi connectivity index (χ1) is 14.9. The highest BCUT2D eigenvalue weighted by atomic mass is 16.5. The minimum Gasteiger partial charge on any atom is -0.375 e. The van der Waals surface area contributed by atoms with E-state index in [1.54, 1.807) is 6.20 Å². The van der Waals surface area contributed by atoms with E-state index in [9.17, 15) is 0 Å². The first kappa shape index (κ1) is 19.6. The van der Waals surface area contributed by atoms with Gasteiger partial charge in [-0.1, -0.05) is 6.07 Å². The van der Waals surface area contributed by atoms with Gasteiger partial charge < -0.3 is 9.30 Å². The average molecular weight is 412 g/mol. The zero-order valence-corrected chi connectivity index (χ0v) is 18.0. The van der Waals surface area contributed by atoms with Gasteiger partial charge in [-0.15, -0.1) is 0 Å². The number of nitrogens with zero attached hydrogens (tertiary/aromatic N) is 6. The van der Waals surface area contributed by atoms with Crippen molar-refractivity contribution < 1.29 is 4.74 Å². The largest absolute Gasteiger partial charge is 0.375 e. The Kier molecular flexibility index (Phi) is 4.67. The van der Waals surface area contributed by atoms with E-state index < -0.39 is 0 Å². The van der Waals surface area contributed by atoms with Gasteiger partial charge in [-0.05, 0) is 45.7 Å². The number of rotatable bonds is 3. The third-order valence-electron chi connectivity index (χ3n) is 5.91. The van der Waals surface area contributed by atoms with E-state index in [1.807, 2.05) is 37.5 Å². The van der Waals surface area contributed by atoms with E-state index in [2.05, 4.69) is 38.2 Å². The summed E-state index contributed by atoms with van der Waals surface area (Å²) in [7, 11) is 0. The predicted octanol–water partition coefficient (Wildman–Crippen LogP) is 4.95. The Morgan fingerprint density at radius 3 is 2.77 bits per heavy atom. The van der Waals surface area contributed by atoms with Gasteiger partial charge in [0.2, 0.25) is 0 Å². The van der Waals surface area contributed by atoms with Crippen molar-refractivity contribution >= 4 is 27.6 Å². The van der Waals surface area contributed by atoms with Crippen LogP contribution in [0.3, 0.4) is 0 Å². The van der Waals surface area contributed by atoms with Crippen LogP contribution in [0.1, 0.15) is 49.9 Å². The molecular weight excluding hydrogens is 388 g/mol. The number of aromatic nitrogens is 5. The van der Waals surface area contributed by atoms with Crippen LogP contribution in [-0.4, -0.2) is 36.7 Å². The van der Waals surface area contributed by atoms with Gasteiger partial charge in [-0.2, -0.15) is 0 Å². The van der Waals surface area contributed by atoms with Crippen molar-refractivity contribution in [2.24, 2.45) is 0 Å². The Bertz CT molecular complexity index is 1320. The number of aryl methyl sites for hydroxylation is 1. The summed E-state index contributed by atoms with van der Waals surface area (Å²) in [6, 6.07) is 5.90. The highest BCUT2D eigenvalue weighted by Crippen LogP contribution is 2.38. The second-order valence-electron chi connectivity index (χ2n) is 8.78. The molecule has 0 aliphatic carbocycles. The van der Waals surface area contributed by atoms with Gasteiger partial charge in [0.05, 0.1) is 40.8 Å². The fourth-order valence-corrected chi connectivity index (χ4v) is 4.49. The Balaban J connectivity index is 1.74. The Morgan fingerprint density at radius 2 is 2.03 bits per heavy atom. The molecule has 1 aliphatic rings. The molecule has 0 radical (unpaired) electrons. The lowest BCUT2D eigenvalue weighted by molar-refractivity contribution is -0.0688. The van der Waals surface area contributed by atoms with Crippen LogP contribution in [0.5, 0.6) is 0 Å². The first-order valence-corrected chi connectivity index (χ1v) is 10.5. The standard InChI is InChI=1S/C24H24N6O/c1-15-12-27-17(13-26-15)10-22-29-21-14-28-20-6-5-16(25-4)9-19(20)23(21)30(22)18-7-8-31-24(2,3)11-18/h5-6,9,12-14,18H,7-8,10-11H2,1-3H3. The molecule has 1 aromatic carbocycles. The number of imidazole rings is 1. The molecule has 1 fully saturated rings. The number of pyridine rings is 1. The molecule has 156 valence electrons. The topological polar surface area (TPSA) is 70.1 Å². The van der Waals surface area contributed by atoms with Crippen molar-refractivity contribution in [1.29, 1.82) is 0 Å². The van der Waals surface area contributed by atoms with E-state index in [1.165, 1.54) is 0 Å². The monoisotopic (exact) mass is 412 g/mol. The zero-order valence-electron chi connectivity index (χ0n) is 18.0. The molecule has 4 aromatic rings. The summed E-state index contributed by atoms with van der Waals surface area (Å²) >= 11 is 0. The molecule has 31 heavy (non-hydrogen) atoms. The van der Waals surface area contributed by atoms with Gasteiger partial charge in [0.25, 0.3) is 0 Å². The molecule has 1 saturated heterocycles. The molecule has 4 heterocycles. The predicted molar refractivity (Wildman–Crippen MR) is 119 cm³/mol. The molecule has 5 rings (SSSR count). The normalized spacial score (nSPS) is 18.3. The molecule has 1 unspecified atom stereocenters. The van der Waals surface area contributed by atoms with Gasteiger partial charge in [-0.3, -0.25) is 15.0 Å². The maximum Gasteiger partial charge on any atom is 0.188 e. The fourth-order valence-electron chi connectivity index (χ4n) is 4.49. The number of fused-ring (bicyclic) bond motifs is 3. The smallest absolute Gasteiger partial charge is 0.188 e. The number of ether oxygens (including phenoxy) is 1. The van der Waals surface area contributed by atoms with Crippen LogP contribution < -0.4 is 0 Å². The van der Waals surface area contributed by atoms with Crippen molar-refractivity contribution in [3.05, 3.63) is 65.4 Å². The van der Waals surface area contributed by atoms with E-state index in [0.29, 0.717) is 18.7 Å². The summed E-state index contributed by atoms with van der Waals surface area (Å²) in [6.45, 7) is 14.4. The summed E-state index contributed by atoms with van der Waals surface area (Å²) in [5.41, 5.74) is 4.92. The molecule has 0 bridgehead atoms. The van der Waals surface area contributed by atoms with Gasteiger partial charge in [0.15, 0.2) is 5.69 Å². The molecule has 1 aliphatic heterocycles. The maximum absolute atomic E-state index is 7.45. The molecule has 3 aromatic heterocycles. The Labute approximate surface area is 181 Å². The average Bonchev–Trinajstić information content (AvgIpc) is 3.12. The Morgan fingerprint density at radius 1 is 1.16 bits per heavy atom. The summed E-state index contributed by atoms with van der Waals surface area (Å²) in [5.74, 6) is 0.943. The second-order valence-corrected chi connectivity index (χ2v) is 8.78. The van der Waals surface area contributed by atoms with Crippen LogP contribution in [0.4, 0.5) is 5.69 Å². The van der Waals surface area contributed by atoms with Gasteiger partial charge >= 0.3 is 0 Å². The van der Waals surface area contributed by atoms with Gasteiger partial charge in [0, 0.05) is 36.8 Å². The minimum atomic E-state index is -0.203. The van der Waals surface area contributed by atoms with Crippen LogP contribution in [0.2, 0.25) is 0 Å². The number of hydrogen-bond acceptors (Lipinski definition) is 5. The summed E-state index contributed by atoms with van der Waals surface area (Å²) in [5, 5.41) is 0.962. The summed E-state index contributed by atoms with van der Waals surface area (Å²) in [4.78, 5) is 22.2. The zero-order chi connectivity index (χ0) is 21.6. The summed E-state index contributed by atoms with van der Waals surface area (Å²) in [6.07, 6.45) is 7.83. The van der Waals surface area contributed by atoms with Crippen molar-refractivity contribution in [3.8, 4) is 0 Å². The third kappa shape index (κ3) is 3.64. The molecule has 7 nitrogen and oxygen atoms in total. The molecule has 1 atom stereocenters. The molecule has 0 saturated carbocycles. The van der Waals surface area contributed by atoms with Crippen molar-refractivity contribution in [2.75, 3.05) is 6.61 Å². The quantitative estimate of drug-likeness (QED) is 0.445. The highest BCUT2D eigenvalue weighted by molar-refractivity contribution is 6.03. The van der Waals surface area contributed by atoms with Crippen LogP contribution in [0.15, 0.2) is 36.8 Å².